The van der Waals surface area contributed by atoms with Crippen molar-refractivity contribution in [1.82, 2.24) is 15.6 Å². The molecular weight excluding hydrogens is 314 g/mol. The summed E-state index contributed by atoms with van der Waals surface area (Å²) in [7, 11) is 0. The van der Waals surface area contributed by atoms with Crippen LogP contribution in [-0.2, 0) is 0 Å². The van der Waals surface area contributed by atoms with Gasteiger partial charge >= 0.3 is 6.03 Å². The second-order valence-corrected chi connectivity index (χ2v) is 6.72. The van der Waals surface area contributed by atoms with Crippen molar-refractivity contribution in [3.8, 4) is 11.1 Å². The molecule has 2 aromatic rings. The minimum Gasteiger partial charge on any atom is -0.391 e. The number of aromatic nitrogens is 1. The lowest BCUT2D eigenvalue weighted by molar-refractivity contribution is 0.146. The molecule has 0 bridgehead atoms. The summed E-state index contributed by atoms with van der Waals surface area (Å²) >= 11 is 0. The zero-order valence-electron chi connectivity index (χ0n) is 15.1. The molecule has 0 aliphatic carbocycles. The number of aliphatic hydroxyl groups is 1. The number of hydrogen-bond donors (Lipinski definition) is 3. The molecule has 1 aromatic heterocycles. The maximum Gasteiger partial charge on any atom is 0.315 e. The number of rotatable bonds is 7. The van der Waals surface area contributed by atoms with Gasteiger partial charge in [0.05, 0.1) is 12.1 Å². The van der Waals surface area contributed by atoms with E-state index in [0.29, 0.717) is 12.3 Å². The van der Waals surface area contributed by atoms with Crippen molar-refractivity contribution in [1.29, 1.82) is 0 Å². The van der Waals surface area contributed by atoms with Gasteiger partial charge in [-0.3, -0.25) is 4.98 Å². The summed E-state index contributed by atoms with van der Waals surface area (Å²) in [6.07, 6.45) is 3.73. The fourth-order valence-corrected chi connectivity index (χ4v) is 2.67. The quantitative estimate of drug-likeness (QED) is 0.721. The highest BCUT2D eigenvalue weighted by Gasteiger charge is 2.12. The van der Waals surface area contributed by atoms with Crippen molar-refractivity contribution >= 4 is 6.03 Å². The van der Waals surface area contributed by atoms with Gasteiger partial charge in [0.2, 0.25) is 0 Å². The topological polar surface area (TPSA) is 74.2 Å². The van der Waals surface area contributed by atoms with E-state index in [1.165, 1.54) is 0 Å². The van der Waals surface area contributed by atoms with Crippen molar-refractivity contribution < 1.29 is 9.90 Å². The first kappa shape index (κ1) is 18.9. The molecule has 5 nitrogen and oxygen atoms in total. The molecule has 2 atom stereocenters. The molecule has 0 saturated heterocycles. The molecule has 2 unspecified atom stereocenters. The molecule has 134 valence electrons. The third kappa shape index (κ3) is 6.19. The fraction of sp³-hybridized carbons (Fsp3) is 0.400. The molecule has 0 saturated carbocycles. The summed E-state index contributed by atoms with van der Waals surface area (Å²) < 4.78 is 0. The van der Waals surface area contributed by atoms with Gasteiger partial charge in [0.1, 0.15) is 0 Å². The Balaban J connectivity index is 1.86. The third-order valence-electron chi connectivity index (χ3n) is 3.99. The van der Waals surface area contributed by atoms with Crippen LogP contribution in [0.25, 0.3) is 11.1 Å². The van der Waals surface area contributed by atoms with Gasteiger partial charge in [-0.05, 0) is 42.0 Å². The van der Waals surface area contributed by atoms with Crippen LogP contribution in [0, 0.1) is 5.92 Å². The van der Waals surface area contributed by atoms with Gasteiger partial charge in [0.15, 0.2) is 0 Å². The number of nitrogens with one attached hydrogen (secondary N) is 2. The van der Waals surface area contributed by atoms with E-state index >= 15 is 0 Å². The van der Waals surface area contributed by atoms with E-state index in [4.69, 9.17) is 0 Å². The minimum atomic E-state index is -0.514. The van der Waals surface area contributed by atoms with Gasteiger partial charge in [-0.15, -0.1) is 0 Å². The molecule has 0 radical (unpaired) electrons. The van der Waals surface area contributed by atoms with E-state index in [-0.39, 0.29) is 18.6 Å². The number of nitrogens with zero attached hydrogens (tertiary/aromatic N) is 1. The molecule has 1 heterocycles. The van der Waals surface area contributed by atoms with Crippen molar-refractivity contribution in [3.63, 3.8) is 0 Å². The Morgan fingerprint density at radius 2 is 1.84 bits per heavy atom. The minimum absolute atomic E-state index is 0.120. The zero-order chi connectivity index (χ0) is 18.2. The van der Waals surface area contributed by atoms with E-state index < -0.39 is 6.10 Å². The number of hydrogen-bond acceptors (Lipinski definition) is 3. The highest BCUT2D eigenvalue weighted by molar-refractivity contribution is 5.74. The Bertz CT molecular complexity index is 656. The lowest BCUT2D eigenvalue weighted by atomic mass is 10.0. The molecule has 5 heteroatoms. The smallest absolute Gasteiger partial charge is 0.315 e. The fourth-order valence-electron chi connectivity index (χ4n) is 2.67. The number of benzene rings is 1. The molecule has 3 N–H and O–H groups in total. The number of carbonyl (C=O) groups is 1. The Hall–Kier alpha value is -2.40. The van der Waals surface area contributed by atoms with Gasteiger partial charge < -0.3 is 15.7 Å². The van der Waals surface area contributed by atoms with Crippen LogP contribution in [0.1, 0.15) is 38.8 Å². The molecule has 0 aliphatic rings. The SMILES string of the molecule is CC(C)CC(O)CNC(=O)NC(C)c1ccc(-c2cccnc2)cc1. The molecule has 2 amide bonds. The van der Waals surface area contributed by atoms with Crippen LogP contribution >= 0.6 is 0 Å². The van der Waals surface area contributed by atoms with E-state index in [2.05, 4.69) is 15.6 Å². The number of aliphatic hydroxyl groups excluding tert-OH is 1. The summed E-state index contributed by atoms with van der Waals surface area (Å²) in [6.45, 7) is 6.28. The maximum atomic E-state index is 12.0. The summed E-state index contributed by atoms with van der Waals surface area (Å²) in [6, 6.07) is 11.6. The van der Waals surface area contributed by atoms with Gasteiger partial charge in [0, 0.05) is 18.9 Å². The van der Waals surface area contributed by atoms with E-state index in [1.807, 2.05) is 63.4 Å². The Labute approximate surface area is 149 Å². The van der Waals surface area contributed by atoms with Crippen LogP contribution < -0.4 is 10.6 Å². The van der Waals surface area contributed by atoms with E-state index in [0.717, 1.165) is 16.7 Å². The van der Waals surface area contributed by atoms with E-state index in [9.17, 15) is 9.90 Å². The average molecular weight is 341 g/mol. The normalized spacial score (nSPS) is 13.3. The monoisotopic (exact) mass is 341 g/mol. The first-order valence-corrected chi connectivity index (χ1v) is 8.68. The second-order valence-electron chi connectivity index (χ2n) is 6.72. The summed E-state index contributed by atoms with van der Waals surface area (Å²) in [4.78, 5) is 16.1. The maximum absolute atomic E-state index is 12.0. The molecule has 1 aromatic carbocycles. The van der Waals surface area contributed by atoms with Gasteiger partial charge in [-0.25, -0.2) is 4.79 Å². The molecule has 0 spiro atoms. The standard InChI is InChI=1S/C20H27N3O2/c1-14(2)11-19(24)13-22-20(25)23-15(3)16-6-8-17(9-7-16)18-5-4-10-21-12-18/h4-10,12,14-15,19,24H,11,13H2,1-3H3,(H2,22,23,25). The van der Waals surface area contributed by atoms with E-state index in [1.54, 1.807) is 6.20 Å². The van der Waals surface area contributed by atoms with Gasteiger partial charge in [-0.1, -0.05) is 44.2 Å². The molecule has 0 fully saturated rings. The first-order chi connectivity index (χ1) is 12.0. The van der Waals surface area contributed by atoms with Crippen molar-refractivity contribution in [2.24, 2.45) is 5.92 Å². The lowest BCUT2D eigenvalue weighted by Crippen LogP contribution is -2.41. The third-order valence-corrected chi connectivity index (χ3v) is 3.99. The van der Waals surface area contributed by atoms with Crippen LogP contribution in [0.5, 0.6) is 0 Å². The first-order valence-electron chi connectivity index (χ1n) is 8.68. The Morgan fingerprint density at radius 3 is 2.44 bits per heavy atom. The largest absolute Gasteiger partial charge is 0.391 e. The average Bonchev–Trinajstić information content (AvgIpc) is 2.60. The van der Waals surface area contributed by atoms with Crippen molar-refractivity contribution in [3.05, 3.63) is 54.4 Å². The molecular formula is C20H27N3O2. The van der Waals surface area contributed by atoms with Crippen LogP contribution in [0.3, 0.4) is 0 Å². The lowest BCUT2D eigenvalue weighted by Gasteiger charge is -2.18. The molecule has 0 aliphatic heterocycles. The predicted octanol–water partition coefficient (Wildman–Crippen LogP) is 3.52. The van der Waals surface area contributed by atoms with Crippen molar-refractivity contribution in [2.75, 3.05) is 6.54 Å². The second kappa shape index (κ2) is 9.18. The van der Waals surface area contributed by atoms with Gasteiger partial charge in [0.25, 0.3) is 0 Å². The van der Waals surface area contributed by atoms with Crippen molar-refractivity contribution in [2.45, 2.75) is 39.3 Å². The summed E-state index contributed by atoms with van der Waals surface area (Å²) in [5, 5.41) is 15.4. The number of amides is 2. The highest BCUT2D eigenvalue weighted by Crippen LogP contribution is 2.21. The zero-order valence-corrected chi connectivity index (χ0v) is 15.1. The number of carbonyl (C=O) groups excluding carboxylic acids is 1. The van der Waals surface area contributed by atoms with Crippen LogP contribution in [-0.4, -0.2) is 28.8 Å². The Morgan fingerprint density at radius 1 is 1.12 bits per heavy atom. The van der Waals surface area contributed by atoms with Crippen LogP contribution in [0.15, 0.2) is 48.8 Å². The van der Waals surface area contributed by atoms with Gasteiger partial charge in [-0.2, -0.15) is 0 Å². The summed E-state index contributed by atoms with van der Waals surface area (Å²) in [5.41, 5.74) is 3.17. The van der Waals surface area contributed by atoms with Crippen LogP contribution in [0.4, 0.5) is 4.79 Å². The Kier molecular flexibility index (Phi) is 6.95. The summed E-state index contributed by atoms with van der Waals surface area (Å²) in [5.74, 6) is 0.400. The molecule has 2 rings (SSSR count). The number of pyridine rings is 1. The highest BCUT2D eigenvalue weighted by atomic mass is 16.3. The predicted molar refractivity (Wildman–Crippen MR) is 100 cm³/mol. The van der Waals surface area contributed by atoms with Crippen LogP contribution in [0.2, 0.25) is 0 Å². The number of urea groups is 1. The molecule has 25 heavy (non-hydrogen) atoms.